The summed E-state index contributed by atoms with van der Waals surface area (Å²) in [5, 5.41) is 8.78. The highest BCUT2D eigenvalue weighted by Crippen LogP contribution is 2.23. The molecule has 0 fully saturated rings. The summed E-state index contributed by atoms with van der Waals surface area (Å²) >= 11 is 0. The second-order valence-corrected chi connectivity index (χ2v) is 4.37. The number of hydrogen-bond donors (Lipinski definition) is 0. The molecule has 2 aromatic rings. The molecule has 1 aromatic heterocycles. The molecule has 1 aromatic carbocycles. The summed E-state index contributed by atoms with van der Waals surface area (Å²) in [4.78, 5) is 4.47. The van der Waals surface area contributed by atoms with E-state index in [4.69, 9.17) is 5.26 Å². The molecule has 0 saturated heterocycles. The number of nitriles is 1. The zero-order valence-electron chi connectivity index (χ0n) is 9.56. The van der Waals surface area contributed by atoms with Crippen LogP contribution in [0.3, 0.4) is 0 Å². The number of aryl methyl sites for hydroxylation is 1. The van der Waals surface area contributed by atoms with E-state index in [1.165, 1.54) is 24.2 Å². The van der Waals surface area contributed by atoms with E-state index in [0.29, 0.717) is 5.56 Å². The lowest BCUT2D eigenvalue weighted by atomic mass is 10.0. The largest absolute Gasteiger partial charge is 0.303 e. The van der Waals surface area contributed by atoms with Crippen molar-refractivity contribution in [2.45, 2.75) is 25.7 Å². The van der Waals surface area contributed by atoms with E-state index in [1.807, 2.05) is 30.6 Å². The highest BCUT2D eigenvalue weighted by Gasteiger charge is 2.15. The van der Waals surface area contributed by atoms with E-state index in [0.717, 1.165) is 18.5 Å². The molecule has 1 aliphatic carbocycles. The van der Waals surface area contributed by atoms with Crippen LogP contribution in [0.15, 0.2) is 30.6 Å². The molecule has 3 heteroatoms. The Hall–Kier alpha value is -2.08. The lowest BCUT2D eigenvalue weighted by Gasteiger charge is -2.13. The Balaban J connectivity index is 2.03. The lowest BCUT2D eigenvalue weighted by molar-refractivity contribution is 0.656. The molecular formula is C14H13N3. The van der Waals surface area contributed by atoms with Crippen molar-refractivity contribution in [1.82, 2.24) is 9.55 Å². The summed E-state index contributed by atoms with van der Waals surface area (Å²) in [6.45, 7) is 0. The smallest absolute Gasteiger partial charge is 0.0997 e. The first-order valence-electron chi connectivity index (χ1n) is 5.94. The molecule has 0 spiro atoms. The summed E-state index contributed by atoms with van der Waals surface area (Å²) in [5.41, 5.74) is 4.36. The number of imidazole rings is 1. The van der Waals surface area contributed by atoms with Crippen molar-refractivity contribution in [3.05, 3.63) is 47.5 Å². The fourth-order valence-electron chi connectivity index (χ4n) is 2.39. The fraction of sp³-hybridized carbons (Fsp3) is 0.286. The van der Waals surface area contributed by atoms with Gasteiger partial charge in [0, 0.05) is 11.4 Å². The third-order valence-corrected chi connectivity index (χ3v) is 3.30. The van der Waals surface area contributed by atoms with Gasteiger partial charge in [0.1, 0.15) is 0 Å². The highest BCUT2D eigenvalue weighted by molar-refractivity contribution is 5.41. The van der Waals surface area contributed by atoms with Crippen LogP contribution in [0.25, 0.3) is 5.69 Å². The van der Waals surface area contributed by atoms with E-state index in [-0.39, 0.29) is 0 Å². The maximum Gasteiger partial charge on any atom is 0.0997 e. The van der Waals surface area contributed by atoms with Gasteiger partial charge < -0.3 is 4.57 Å². The van der Waals surface area contributed by atoms with Crippen molar-refractivity contribution in [3.63, 3.8) is 0 Å². The first kappa shape index (κ1) is 10.1. The number of fused-ring (bicyclic) bond motifs is 1. The van der Waals surface area contributed by atoms with Crippen LogP contribution >= 0.6 is 0 Å². The molecule has 0 saturated carbocycles. The minimum atomic E-state index is 0.697. The molecule has 0 N–H and O–H groups in total. The first-order chi connectivity index (χ1) is 8.38. The molecular weight excluding hydrogens is 210 g/mol. The van der Waals surface area contributed by atoms with Gasteiger partial charge in [-0.2, -0.15) is 5.26 Å². The van der Waals surface area contributed by atoms with Crippen LogP contribution in [0.5, 0.6) is 0 Å². The average Bonchev–Trinajstić information content (AvgIpc) is 2.83. The van der Waals surface area contributed by atoms with Gasteiger partial charge in [0.05, 0.1) is 23.7 Å². The predicted molar refractivity (Wildman–Crippen MR) is 64.9 cm³/mol. The van der Waals surface area contributed by atoms with E-state index in [1.54, 1.807) is 0 Å². The summed E-state index contributed by atoms with van der Waals surface area (Å²) < 4.78 is 2.15. The number of rotatable bonds is 1. The molecule has 0 aliphatic heterocycles. The number of nitrogens with zero attached hydrogens (tertiary/aromatic N) is 3. The average molecular weight is 223 g/mol. The van der Waals surface area contributed by atoms with Crippen LogP contribution in [0, 0.1) is 11.3 Å². The normalized spacial score (nSPS) is 14.1. The molecule has 0 amide bonds. The van der Waals surface area contributed by atoms with Gasteiger partial charge in [-0.1, -0.05) is 0 Å². The highest BCUT2D eigenvalue weighted by atomic mass is 15.1. The van der Waals surface area contributed by atoms with Crippen LogP contribution in [0.2, 0.25) is 0 Å². The summed E-state index contributed by atoms with van der Waals surface area (Å²) in [5.74, 6) is 0. The van der Waals surface area contributed by atoms with Gasteiger partial charge in [-0.05, 0) is 49.9 Å². The third-order valence-electron chi connectivity index (χ3n) is 3.30. The molecule has 84 valence electrons. The summed E-state index contributed by atoms with van der Waals surface area (Å²) in [6.07, 6.45) is 6.59. The molecule has 3 nitrogen and oxygen atoms in total. The minimum Gasteiger partial charge on any atom is -0.303 e. The van der Waals surface area contributed by atoms with E-state index in [2.05, 4.69) is 15.6 Å². The predicted octanol–water partition coefficient (Wildman–Crippen LogP) is 2.62. The molecule has 17 heavy (non-hydrogen) atoms. The van der Waals surface area contributed by atoms with E-state index >= 15 is 0 Å². The second kappa shape index (κ2) is 4.06. The summed E-state index contributed by atoms with van der Waals surface area (Å²) in [6, 6.07) is 9.80. The molecule has 0 radical (unpaired) electrons. The van der Waals surface area contributed by atoms with Crippen LogP contribution in [0.1, 0.15) is 29.8 Å². The van der Waals surface area contributed by atoms with Crippen LogP contribution < -0.4 is 0 Å². The Morgan fingerprint density at radius 2 is 1.88 bits per heavy atom. The van der Waals surface area contributed by atoms with Crippen molar-refractivity contribution < 1.29 is 0 Å². The van der Waals surface area contributed by atoms with Gasteiger partial charge in [0.2, 0.25) is 0 Å². The maximum atomic E-state index is 8.78. The van der Waals surface area contributed by atoms with Gasteiger partial charge in [-0.25, -0.2) is 4.98 Å². The lowest BCUT2D eigenvalue weighted by Crippen LogP contribution is -2.06. The zero-order valence-corrected chi connectivity index (χ0v) is 9.56. The van der Waals surface area contributed by atoms with Crippen LogP contribution in [-0.4, -0.2) is 9.55 Å². The molecule has 3 rings (SSSR count). The van der Waals surface area contributed by atoms with Gasteiger partial charge in [-0.15, -0.1) is 0 Å². The number of benzene rings is 1. The van der Waals surface area contributed by atoms with E-state index < -0.39 is 0 Å². The third kappa shape index (κ3) is 1.72. The molecule has 1 aliphatic rings. The van der Waals surface area contributed by atoms with Crippen molar-refractivity contribution >= 4 is 0 Å². The monoisotopic (exact) mass is 223 g/mol. The molecule has 0 atom stereocenters. The topological polar surface area (TPSA) is 41.6 Å². The maximum absolute atomic E-state index is 8.78. The van der Waals surface area contributed by atoms with Gasteiger partial charge >= 0.3 is 0 Å². The van der Waals surface area contributed by atoms with Gasteiger partial charge in [0.15, 0.2) is 0 Å². The van der Waals surface area contributed by atoms with Crippen LogP contribution in [-0.2, 0) is 12.8 Å². The Morgan fingerprint density at radius 3 is 2.65 bits per heavy atom. The fourth-order valence-corrected chi connectivity index (χ4v) is 2.39. The number of aromatic nitrogens is 2. The zero-order chi connectivity index (χ0) is 11.7. The van der Waals surface area contributed by atoms with Gasteiger partial charge in [0.25, 0.3) is 0 Å². The van der Waals surface area contributed by atoms with E-state index in [9.17, 15) is 0 Å². The molecule has 1 heterocycles. The van der Waals surface area contributed by atoms with Crippen LogP contribution in [0.4, 0.5) is 0 Å². The Bertz CT molecular complexity index is 573. The Morgan fingerprint density at radius 1 is 1.12 bits per heavy atom. The second-order valence-electron chi connectivity index (χ2n) is 4.37. The van der Waals surface area contributed by atoms with Crippen molar-refractivity contribution in [3.8, 4) is 11.8 Å². The van der Waals surface area contributed by atoms with Crippen molar-refractivity contribution in [2.24, 2.45) is 0 Å². The molecule has 0 bridgehead atoms. The van der Waals surface area contributed by atoms with Crippen molar-refractivity contribution in [2.75, 3.05) is 0 Å². The molecule has 0 unspecified atom stereocenters. The van der Waals surface area contributed by atoms with Gasteiger partial charge in [-0.3, -0.25) is 0 Å². The quantitative estimate of drug-likeness (QED) is 0.745. The minimum absolute atomic E-state index is 0.697. The number of hydrogen-bond acceptors (Lipinski definition) is 2. The summed E-state index contributed by atoms with van der Waals surface area (Å²) in [7, 11) is 0. The Kier molecular flexibility index (Phi) is 2.41. The van der Waals surface area contributed by atoms with Crippen molar-refractivity contribution in [1.29, 1.82) is 5.26 Å². The first-order valence-corrected chi connectivity index (χ1v) is 5.94. The standard InChI is InChI=1S/C14H13N3/c15-9-11-5-7-12(8-6-11)17-10-16-13-3-1-2-4-14(13)17/h5-8,10H,1-4H2. The SMILES string of the molecule is N#Cc1ccc(-n2cnc3c2CCCC3)cc1. The Labute approximate surface area is 100 Å².